The number of hydrogen-bond acceptors (Lipinski definition) is 4. The minimum absolute atomic E-state index is 0. The maximum atomic E-state index is 11.9. The molecule has 130 valence electrons. The third-order valence-corrected chi connectivity index (χ3v) is 3.40. The van der Waals surface area contributed by atoms with E-state index in [2.05, 4.69) is 10.6 Å². The molecule has 1 aromatic rings. The van der Waals surface area contributed by atoms with Gasteiger partial charge in [0.25, 0.3) is 0 Å². The molecule has 1 aromatic carbocycles. The Labute approximate surface area is 143 Å². The van der Waals surface area contributed by atoms with Crippen LogP contribution in [0.3, 0.4) is 0 Å². The van der Waals surface area contributed by atoms with Crippen LogP contribution in [0.25, 0.3) is 0 Å². The fraction of sp³-hybridized carbons (Fsp3) is 0.500. The number of halogens is 1. The summed E-state index contributed by atoms with van der Waals surface area (Å²) in [4.78, 5) is 23.6. The highest BCUT2D eigenvalue weighted by molar-refractivity contribution is 5.92. The molecule has 23 heavy (non-hydrogen) atoms. The van der Waals surface area contributed by atoms with Crippen LogP contribution in [0.1, 0.15) is 25.8 Å². The van der Waals surface area contributed by atoms with E-state index in [1.165, 1.54) is 7.11 Å². The van der Waals surface area contributed by atoms with Gasteiger partial charge in [-0.05, 0) is 24.1 Å². The Morgan fingerprint density at radius 3 is 2.61 bits per heavy atom. The Morgan fingerprint density at radius 2 is 2.00 bits per heavy atom. The summed E-state index contributed by atoms with van der Waals surface area (Å²) in [6, 6.07) is 6.69. The molecule has 0 radical (unpaired) electrons. The van der Waals surface area contributed by atoms with Crippen LogP contribution in [-0.4, -0.2) is 31.6 Å². The zero-order valence-corrected chi connectivity index (χ0v) is 14.6. The monoisotopic (exact) mass is 343 g/mol. The first-order valence-electron chi connectivity index (χ1n) is 7.40. The van der Waals surface area contributed by atoms with E-state index < -0.39 is 6.04 Å². The van der Waals surface area contributed by atoms with Crippen molar-refractivity contribution in [2.75, 3.05) is 19.0 Å². The third-order valence-electron chi connectivity index (χ3n) is 3.40. The number of nitrogens with one attached hydrogen (secondary N) is 2. The third kappa shape index (κ3) is 7.45. The Kier molecular flexibility index (Phi) is 10.2. The van der Waals surface area contributed by atoms with Gasteiger partial charge in [-0.2, -0.15) is 0 Å². The maximum Gasteiger partial charge on any atom is 0.239 e. The van der Waals surface area contributed by atoms with Gasteiger partial charge in [0.15, 0.2) is 0 Å². The van der Waals surface area contributed by atoms with E-state index in [1.807, 2.05) is 38.1 Å². The lowest BCUT2D eigenvalue weighted by atomic mass is 10.1. The Hall–Kier alpha value is -1.63. The fourth-order valence-electron chi connectivity index (χ4n) is 1.79. The van der Waals surface area contributed by atoms with Gasteiger partial charge in [0.2, 0.25) is 11.8 Å². The molecule has 0 heterocycles. The van der Waals surface area contributed by atoms with Crippen LogP contribution in [0.5, 0.6) is 0 Å². The number of ether oxygens (including phenoxy) is 1. The van der Waals surface area contributed by atoms with Gasteiger partial charge in [-0.3, -0.25) is 9.59 Å². The molecule has 0 bridgehead atoms. The Morgan fingerprint density at radius 1 is 1.30 bits per heavy atom. The molecule has 0 aliphatic rings. The highest BCUT2D eigenvalue weighted by Crippen LogP contribution is 2.13. The molecule has 0 aliphatic carbocycles. The van der Waals surface area contributed by atoms with Crippen LogP contribution in [0.2, 0.25) is 0 Å². The van der Waals surface area contributed by atoms with Crippen molar-refractivity contribution in [2.45, 2.75) is 32.9 Å². The molecule has 0 spiro atoms. The van der Waals surface area contributed by atoms with Crippen LogP contribution >= 0.6 is 12.4 Å². The predicted molar refractivity (Wildman–Crippen MR) is 93.5 cm³/mol. The number of anilines is 1. The average molecular weight is 344 g/mol. The second-order valence-corrected chi connectivity index (χ2v) is 5.28. The number of hydrogen-bond donors (Lipinski definition) is 3. The van der Waals surface area contributed by atoms with Gasteiger partial charge < -0.3 is 21.1 Å². The summed E-state index contributed by atoms with van der Waals surface area (Å²) in [6.45, 7) is 4.39. The molecule has 0 fully saturated rings. The summed E-state index contributed by atoms with van der Waals surface area (Å²) in [5.74, 6) is -0.308. The van der Waals surface area contributed by atoms with E-state index in [0.29, 0.717) is 6.54 Å². The quantitative estimate of drug-likeness (QED) is 0.669. The van der Waals surface area contributed by atoms with Crippen LogP contribution in [0.15, 0.2) is 24.3 Å². The molecule has 0 aliphatic heterocycles. The highest BCUT2D eigenvalue weighted by Gasteiger charge is 2.13. The first-order chi connectivity index (χ1) is 10.5. The largest absolute Gasteiger partial charge is 0.383 e. The number of nitrogens with two attached hydrogens (primary N) is 1. The maximum absolute atomic E-state index is 11.9. The van der Waals surface area contributed by atoms with Gasteiger partial charge in [-0.25, -0.2) is 0 Å². The van der Waals surface area contributed by atoms with E-state index >= 15 is 0 Å². The standard InChI is InChI=1S/C16H25N3O3.ClH/c1-4-11(2)15(20)19-13-7-5-6-12(8-13)9-18-16(21)14(17)10-22-3;/h5-8,11,14H,4,9-10,17H2,1-3H3,(H,18,21)(H,19,20);1H. The summed E-state index contributed by atoms with van der Waals surface area (Å²) >= 11 is 0. The predicted octanol–water partition coefficient (Wildman–Crippen LogP) is 1.68. The zero-order valence-electron chi connectivity index (χ0n) is 13.8. The van der Waals surface area contributed by atoms with Crippen molar-refractivity contribution in [3.8, 4) is 0 Å². The normalized spacial score (nSPS) is 12.7. The van der Waals surface area contributed by atoms with Gasteiger partial charge >= 0.3 is 0 Å². The van der Waals surface area contributed by atoms with Crippen molar-refractivity contribution >= 4 is 29.9 Å². The van der Waals surface area contributed by atoms with Crippen molar-refractivity contribution in [1.82, 2.24) is 5.32 Å². The molecular formula is C16H26ClN3O3. The summed E-state index contributed by atoms with van der Waals surface area (Å²) < 4.78 is 4.84. The molecule has 6 nitrogen and oxygen atoms in total. The highest BCUT2D eigenvalue weighted by atomic mass is 35.5. The molecule has 1 rings (SSSR count). The molecular weight excluding hydrogens is 318 g/mol. The molecule has 0 saturated carbocycles. The van der Waals surface area contributed by atoms with Crippen molar-refractivity contribution in [1.29, 1.82) is 0 Å². The molecule has 4 N–H and O–H groups in total. The number of methoxy groups -OCH3 is 1. The van der Waals surface area contributed by atoms with Crippen LogP contribution in [0, 0.1) is 5.92 Å². The summed E-state index contributed by atoms with van der Waals surface area (Å²) in [5.41, 5.74) is 7.25. The summed E-state index contributed by atoms with van der Waals surface area (Å²) in [7, 11) is 1.50. The number of rotatable bonds is 8. The average Bonchev–Trinajstić information content (AvgIpc) is 2.52. The van der Waals surface area contributed by atoms with Gasteiger partial charge in [-0.15, -0.1) is 12.4 Å². The first kappa shape index (κ1) is 21.4. The van der Waals surface area contributed by atoms with Gasteiger partial charge in [-0.1, -0.05) is 26.0 Å². The van der Waals surface area contributed by atoms with Crippen LogP contribution < -0.4 is 16.4 Å². The van der Waals surface area contributed by atoms with E-state index in [-0.39, 0.29) is 36.7 Å². The van der Waals surface area contributed by atoms with Crippen LogP contribution in [-0.2, 0) is 20.9 Å². The Bertz CT molecular complexity index is 511. The lowest BCUT2D eigenvalue weighted by molar-refractivity contribution is -0.123. The number of carbonyl (C=O) groups excluding carboxylic acids is 2. The van der Waals surface area contributed by atoms with E-state index in [4.69, 9.17) is 10.5 Å². The molecule has 0 aromatic heterocycles. The molecule has 2 atom stereocenters. The smallest absolute Gasteiger partial charge is 0.239 e. The van der Waals surface area contributed by atoms with Gasteiger partial charge in [0.05, 0.1) is 6.61 Å². The van der Waals surface area contributed by atoms with Crippen LogP contribution in [0.4, 0.5) is 5.69 Å². The lowest BCUT2D eigenvalue weighted by Gasteiger charge is -2.13. The lowest BCUT2D eigenvalue weighted by Crippen LogP contribution is -2.43. The molecule has 2 amide bonds. The fourth-order valence-corrected chi connectivity index (χ4v) is 1.79. The molecule has 7 heteroatoms. The minimum Gasteiger partial charge on any atom is -0.383 e. The number of carbonyl (C=O) groups is 2. The minimum atomic E-state index is -0.682. The molecule has 0 saturated heterocycles. The second kappa shape index (κ2) is 11.0. The molecule has 2 unspecified atom stereocenters. The summed E-state index contributed by atoms with van der Waals surface area (Å²) in [6.07, 6.45) is 0.791. The van der Waals surface area contributed by atoms with E-state index in [0.717, 1.165) is 17.7 Å². The Balaban J connectivity index is 0.00000484. The van der Waals surface area contributed by atoms with Gasteiger partial charge in [0, 0.05) is 25.3 Å². The van der Waals surface area contributed by atoms with Gasteiger partial charge in [0.1, 0.15) is 6.04 Å². The number of benzene rings is 1. The first-order valence-corrected chi connectivity index (χ1v) is 7.40. The van der Waals surface area contributed by atoms with Crippen molar-refractivity contribution in [2.24, 2.45) is 11.7 Å². The van der Waals surface area contributed by atoms with E-state index in [9.17, 15) is 9.59 Å². The topological polar surface area (TPSA) is 93.5 Å². The van der Waals surface area contributed by atoms with E-state index in [1.54, 1.807) is 0 Å². The van der Waals surface area contributed by atoms with Crippen molar-refractivity contribution < 1.29 is 14.3 Å². The SMILES string of the molecule is CCC(C)C(=O)Nc1cccc(CNC(=O)C(N)COC)c1.Cl. The second-order valence-electron chi connectivity index (χ2n) is 5.28. The number of amides is 2. The van der Waals surface area contributed by atoms with Crippen molar-refractivity contribution in [3.63, 3.8) is 0 Å². The summed E-state index contributed by atoms with van der Waals surface area (Å²) in [5, 5.41) is 5.61. The van der Waals surface area contributed by atoms with Crippen molar-refractivity contribution in [3.05, 3.63) is 29.8 Å². The zero-order chi connectivity index (χ0) is 16.5.